The van der Waals surface area contributed by atoms with Crippen molar-refractivity contribution in [3.63, 3.8) is 0 Å². The Morgan fingerprint density at radius 1 is 1.09 bits per heavy atom. The first-order valence-corrected chi connectivity index (χ1v) is 12.9. The maximum absolute atomic E-state index is 12.3. The molecule has 0 aliphatic carbocycles. The third-order valence-corrected chi connectivity index (χ3v) is 6.99. The molecule has 1 amide bonds. The molecule has 2 N–H and O–H groups in total. The van der Waals surface area contributed by atoms with Crippen LogP contribution in [0.1, 0.15) is 39.7 Å². The molecule has 0 saturated carbocycles. The standard InChI is InChI=1S/C23H36N2O8S/c1-6-20-16(3)22(32-18(5)27)21(25-17(4)26)23(33-20)31-14-13-30-12-11-24-34(28,29)19-9-7-15(2)8-10-19/h7-10,16,20-24H,6,11-14H2,1-5H3,(H,25,26)/t16-,20+,21+,22-,23+/m0/s1. The molecule has 1 aliphatic rings. The molecule has 2 rings (SSSR count). The van der Waals surface area contributed by atoms with Crippen LogP contribution in [0, 0.1) is 12.8 Å². The van der Waals surface area contributed by atoms with E-state index in [0.29, 0.717) is 6.42 Å². The molecule has 10 nitrogen and oxygen atoms in total. The lowest BCUT2D eigenvalue weighted by Gasteiger charge is -2.44. The summed E-state index contributed by atoms with van der Waals surface area (Å²) in [7, 11) is -3.60. The van der Waals surface area contributed by atoms with Gasteiger partial charge in [0, 0.05) is 26.3 Å². The van der Waals surface area contributed by atoms with Gasteiger partial charge in [-0.15, -0.1) is 0 Å². The number of rotatable bonds is 12. The molecule has 0 unspecified atom stereocenters. The van der Waals surface area contributed by atoms with E-state index in [9.17, 15) is 18.0 Å². The zero-order chi connectivity index (χ0) is 25.3. The first-order chi connectivity index (χ1) is 16.0. The number of nitrogens with one attached hydrogen (secondary N) is 2. The summed E-state index contributed by atoms with van der Waals surface area (Å²) < 4.78 is 49.9. The summed E-state index contributed by atoms with van der Waals surface area (Å²) in [6.07, 6.45) is -0.944. The maximum Gasteiger partial charge on any atom is 0.302 e. The first kappa shape index (κ1) is 28.2. The van der Waals surface area contributed by atoms with E-state index in [-0.39, 0.29) is 49.2 Å². The minimum absolute atomic E-state index is 0.106. The van der Waals surface area contributed by atoms with Gasteiger partial charge < -0.3 is 24.3 Å². The topological polar surface area (TPSA) is 129 Å². The fourth-order valence-electron chi connectivity index (χ4n) is 3.82. The van der Waals surface area contributed by atoms with Crippen molar-refractivity contribution in [1.29, 1.82) is 0 Å². The van der Waals surface area contributed by atoms with E-state index in [0.717, 1.165) is 5.56 Å². The highest BCUT2D eigenvalue weighted by Gasteiger charge is 2.46. The van der Waals surface area contributed by atoms with Crippen molar-refractivity contribution < 1.29 is 37.0 Å². The van der Waals surface area contributed by atoms with E-state index in [1.165, 1.54) is 13.8 Å². The van der Waals surface area contributed by atoms with Gasteiger partial charge >= 0.3 is 5.97 Å². The van der Waals surface area contributed by atoms with Gasteiger partial charge in [-0.3, -0.25) is 9.59 Å². The summed E-state index contributed by atoms with van der Waals surface area (Å²) in [6.45, 7) is 9.04. The lowest BCUT2D eigenvalue weighted by molar-refractivity contribution is -0.255. The van der Waals surface area contributed by atoms with Crippen molar-refractivity contribution in [2.45, 2.75) is 70.5 Å². The van der Waals surface area contributed by atoms with Gasteiger partial charge in [0.25, 0.3) is 0 Å². The summed E-state index contributed by atoms with van der Waals surface area (Å²) in [5.74, 6) is -0.874. The molecule has 192 valence electrons. The maximum atomic E-state index is 12.3. The molecule has 1 aromatic carbocycles. The number of carbonyl (C=O) groups excluding carboxylic acids is 2. The van der Waals surface area contributed by atoms with Gasteiger partial charge in [0.2, 0.25) is 15.9 Å². The minimum Gasteiger partial charge on any atom is -0.460 e. The Kier molecular flexibility index (Phi) is 10.9. The predicted molar refractivity (Wildman–Crippen MR) is 124 cm³/mol. The Balaban J connectivity index is 1.83. The Morgan fingerprint density at radius 3 is 2.35 bits per heavy atom. The second kappa shape index (κ2) is 13.1. The quantitative estimate of drug-likeness (QED) is 0.326. The van der Waals surface area contributed by atoms with Gasteiger partial charge in [-0.1, -0.05) is 31.5 Å². The molecular formula is C23H36N2O8S. The molecule has 11 heteroatoms. The van der Waals surface area contributed by atoms with Crippen LogP contribution in [0.15, 0.2) is 29.2 Å². The summed E-state index contributed by atoms with van der Waals surface area (Å²) in [5.41, 5.74) is 0.976. The SMILES string of the molecule is CC[C@H]1O[C@@H](OCCOCCNS(=O)(=O)c2ccc(C)cc2)[C@H](NC(C)=O)[C@@H](OC(C)=O)[C@H]1C. The number of hydrogen-bond acceptors (Lipinski definition) is 8. The van der Waals surface area contributed by atoms with E-state index in [1.807, 2.05) is 20.8 Å². The van der Waals surface area contributed by atoms with Crippen LogP contribution in [-0.2, 0) is 38.6 Å². The number of aryl methyl sites for hydroxylation is 1. The van der Waals surface area contributed by atoms with Gasteiger partial charge in [-0.25, -0.2) is 13.1 Å². The average Bonchev–Trinajstić information content (AvgIpc) is 2.76. The van der Waals surface area contributed by atoms with Gasteiger partial charge in [0.1, 0.15) is 12.1 Å². The molecular weight excluding hydrogens is 464 g/mol. The normalized spacial score (nSPS) is 25.0. The third-order valence-electron chi connectivity index (χ3n) is 5.51. The molecule has 34 heavy (non-hydrogen) atoms. The second-order valence-corrected chi connectivity index (χ2v) is 10.1. The minimum atomic E-state index is -3.60. The smallest absolute Gasteiger partial charge is 0.302 e. The molecule has 0 radical (unpaired) electrons. The highest BCUT2D eigenvalue weighted by Crippen LogP contribution is 2.30. The summed E-state index contributed by atoms with van der Waals surface area (Å²) >= 11 is 0. The van der Waals surface area contributed by atoms with Crippen molar-refractivity contribution >= 4 is 21.9 Å². The van der Waals surface area contributed by atoms with Crippen molar-refractivity contribution in [1.82, 2.24) is 10.0 Å². The van der Waals surface area contributed by atoms with Crippen LogP contribution in [0.25, 0.3) is 0 Å². The van der Waals surface area contributed by atoms with E-state index >= 15 is 0 Å². The highest BCUT2D eigenvalue weighted by molar-refractivity contribution is 7.89. The van der Waals surface area contributed by atoms with Crippen molar-refractivity contribution in [2.75, 3.05) is 26.4 Å². The van der Waals surface area contributed by atoms with Crippen LogP contribution in [0.2, 0.25) is 0 Å². The Bertz CT molecular complexity index is 906. The predicted octanol–water partition coefficient (Wildman–Crippen LogP) is 1.51. The molecule has 0 bridgehead atoms. The van der Waals surface area contributed by atoms with Crippen LogP contribution < -0.4 is 10.0 Å². The lowest BCUT2D eigenvalue weighted by Crippen LogP contribution is -2.62. The van der Waals surface area contributed by atoms with Gasteiger partial charge in [0.15, 0.2) is 6.29 Å². The Hall–Kier alpha value is -2.05. The molecule has 0 spiro atoms. The van der Waals surface area contributed by atoms with Gasteiger partial charge in [0.05, 0.1) is 30.8 Å². The molecule has 1 aromatic rings. The summed E-state index contributed by atoms with van der Waals surface area (Å²) in [6, 6.07) is 5.91. The molecule has 1 heterocycles. The fourth-order valence-corrected chi connectivity index (χ4v) is 4.83. The van der Waals surface area contributed by atoms with E-state index < -0.39 is 34.4 Å². The van der Waals surface area contributed by atoms with Crippen LogP contribution in [-0.4, -0.2) is 71.2 Å². The van der Waals surface area contributed by atoms with Crippen LogP contribution >= 0.6 is 0 Å². The van der Waals surface area contributed by atoms with Crippen LogP contribution in [0.3, 0.4) is 0 Å². The number of sulfonamides is 1. The highest BCUT2D eigenvalue weighted by atomic mass is 32.2. The second-order valence-electron chi connectivity index (χ2n) is 8.30. The molecule has 0 aromatic heterocycles. The Morgan fingerprint density at radius 2 is 1.76 bits per heavy atom. The lowest BCUT2D eigenvalue weighted by atomic mass is 9.87. The number of hydrogen-bond donors (Lipinski definition) is 2. The van der Waals surface area contributed by atoms with Crippen molar-refractivity contribution in [3.05, 3.63) is 29.8 Å². The number of ether oxygens (including phenoxy) is 4. The summed E-state index contributed by atoms with van der Waals surface area (Å²) in [4.78, 5) is 23.6. The number of amides is 1. The first-order valence-electron chi connectivity index (χ1n) is 11.4. The molecule has 1 aliphatic heterocycles. The number of esters is 1. The zero-order valence-corrected chi connectivity index (χ0v) is 21.2. The number of carbonyl (C=O) groups is 2. The van der Waals surface area contributed by atoms with Gasteiger partial charge in [-0.2, -0.15) is 0 Å². The average molecular weight is 501 g/mol. The molecule has 1 saturated heterocycles. The van der Waals surface area contributed by atoms with E-state index in [2.05, 4.69) is 10.0 Å². The van der Waals surface area contributed by atoms with E-state index in [1.54, 1.807) is 24.3 Å². The fraction of sp³-hybridized carbons (Fsp3) is 0.652. The Labute approximate surface area is 201 Å². The zero-order valence-electron chi connectivity index (χ0n) is 20.4. The molecule has 1 fully saturated rings. The monoisotopic (exact) mass is 500 g/mol. The van der Waals surface area contributed by atoms with Crippen LogP contribution in [0.5, 0.6) is 0 Å². The largest absolute Gasteiger partial charge is 0.460 e. The third kappa shape index (κ3) is 8.31. The van der Waals surface area contributed by atoms with Gasteiger partial charge in [-0.05, 0) is 25.5 Å². The molecule has 5 atom stereocenters. The number of benzene rings is 1. The van der Waals surface area contributed by atoms with Crippen molar-refractivity contribution in [2.24, 2.45) is 5.92 Å². The van der Waals surface area contributed by atoms with Crippen LogP contribution in [0.4, 0.5) is 0 Å². The van der Waals surface area contributed by atoms with E-state index in [4.69, 9.17) is 18.9 Å². The summed E-state index contributed by atoms with van der Waals surface area (Å²) in [5, 5.41) is 2.78. The van der Waals surface area contributed by atoms with Crippen molar-refractivity contribution in [3.8, 4) is 0 Å².